The van der Waals surface area contributed by atoms with E-state index in [1.807, 2.05) is 0 Å². The number of fused-ring (bicyclic) bond motifs is 1. The molecule has 1 heterocycles. The van der Waals surface area contributed by atoms with Gasteiger partial charge in [-0.2, -0.15) is 9.30 Å². The van der Waals surface area contributed by atoms with Crippen LogP contribution in [0.25, 0.3) is 10.8 Å². The summed E-state index contributed by atoms with van der Waals surface area (Å²) in [5.41, 5.74) is 10.9. The minimum Gasteiger partial charge on any atom is -0.497 e. The number of nitrogens with two attached hydrogens (primary N) is 2. The van der Waals surface area contributed by atoms with E-state index in [2.05, 4.69) is 9.98 Å². The van der Waals surface area contributed by atoms with Crippen LogP contribution in [0, 0.1) is 0 Å². The molecule has 0 aliphatic heterocycles. The molecule has 3 rings (SSSR count). The fourth-order valence-corrected chi connectivity index (χ4v) is 4.99. The van der Waals surface area contributed by atoms with Crippen LogP contribution in [-0.2, 0) is 26.1 Å². The lowest BCUT2D eigenvalue weighted by Crippen LogP contribution is -2.38. The highest BCUT2D eigenvalue weighted by atomic mass is 35.5. The van der Waals surface area contributed by atoms with Gasteiger partial charge >= 0.3 is 5.97 Å². The van der Waals surface area contributed by atoms with E-state index in [0.29, 0.717) is 27.1 Å². The molecule has 0 saturated carbocycles. The molecule has 13 heteroatoms. The van der Waals surface area contributed by atoms with E-state index >= 15 is 0 Å². The SMILES string of the molecule is COc1ccc(CN(CC(=O)OC(C)(C)C)S(=O)(=O)c2ccc3c(Cl)cnc(N=C(N)N)c3c2)cc1.Cl. The molecule has 0 saturated heterocycles. The van der Waals surface area contributed by atoms with Crippen LogP contribution >= 0.6 is 24.0 Å². The molecule has 0 fully saturated rings. The number of sulfonamides is 1. The first-order valence-corrected chi connectivity index (χ1v) is 12.6. The Hall–Kier alpha value is -3.12. The number of rotatable bonds is 8. The number of guanidine groups is 1. The molecule has 1 aromatic heterocycles. The second kappa shape index (κ2) is 12.0. The Balaban J connectivity index is 0.00000481. The van der Waals surface area contributed by atoms with Crippen LogP contribution in [0.15, 0.2) is 58.5 Å². The van der Waals surface area contributed by atoms with Crippen molar-refractivity contribution >= 4 is 62.6 Å². The second-order valence-corrected chi connectivity index (χ2v) is 11.2. The topological polar surface area (TPSA) is 150 Å². The highest BCUT2D eigenvalue weighted by Gasteiger charge is 2.30. The average Bonchev–Trinajstić information content (AvgIpc) is 2.79. The van der Waals surface area contributed by atoms with Gasteiger partial charge in [0.15, 0.2) is 11.8 Å². The summed E-state index contributed by atoms with van der Waals surface area (Å²) in [6, 6.07) is 11.2. The number of nitrogens with zero attached hydrogens (tertiary/aromatic N) is 3. The standard InChI is InChI=1S/C24H28ClN5O5S.ClH/c1-24(2,3)35-21(31)14-30(13-15-5-7-16(34-4)8-6-15)36(32,33)17-9-10-18-19(11-17)22(29-23(26)27)28-12-20(18)25;/h5-12H,13-14H2,1-4H3,(H4,26,27,28,29);1H. The molecule has 0 spiro atoms. The quantitative estimate of drug-likeness (QED) is 0.236. The maximum Gasteiger partial charge on any atom is 0.321 e. The zero-order chi connectivity index (χ0) is 26.7. The number of methoxy groups -OCH3 is 1. The number of carbonyl (C=O) groups is 1. The fraction of sp³-hybridized carbons (Fsp3) is 0.292. The van der Waals surface area contributed by atoms with Crippen molar-refractivity contribution in [2.45, 2.75) is 37.8 Å². The molecule has 4 N–H and O–H groups in total. The summed E-state index contributed by atoms with van der Waals surface area (Å²) < 4.78 is 39.2. The van der Waals surface area contributed by atoms with Crippen LogP contribution in [0.4, 0.5) is 5.82 Å². The van der Waals surface area contributed by atoms with Gasteiger partial charge in [-0.25, -0.2) is 13.4 Å². The van der Waals surface area contributed by atoms with Gasteiger partial charge in [0.05, 0.1) is 17.0 Å². The largest absolute Gasteiger partial charge is 0.497 e. The number of esters is 1. The van der Waals surface area contributed by atoms with Crippen LogP contribution in [0.5, 0.6) is 5.75 Å². The van der Waals surface area contributed by atoms with E-state index < -0.39 is 28.1 Å². The first kappa shape index (κ1) is 30.1. The van der Waals surface area contributed by atoms with Crippen molar-refractivity contribution in [2.75, 3.05) is 13.7 Å². The number of halogens is 2. The second-order valence-electron chi connectivity index (χ2n) is 8.88. The fourth-order valence-electron chi connectivity index (χ4n) is 3.37. The van der Waals surface area contributed by atoms with Gasteiger partial charge in [-0.3, -0.25) is 4.79 Å². The third kappa shape index (κ3) is 7.68. The smallest absolute Gasteiger partial charge is 0.321 e. The Morgan fingerprint density at radius 3 is 2.32 bits per heavy atom. The van der Waals surface area contributed by atoms with Crippen LogP contribution in [-0.4, -0.2) is 48.9 Å². The summed E-state index contributed by atoms with van der Waals surface area (Å²) in [6.45, 7) is 4.53. The molecule has 10 nitrogen and oxygen atoms in total. The van der Waals surface area contributed by atoms with Gasteiger partial charge in [-0.1, -0.05) is 29.8 Å². The molecule has 37 heavy (non-hydrogen) atoms. The van der Waals surface area contributed by atoms with Crippen molar-refractivity contribution in [3.63, 3.8) is 0 Å². The molecule has 0 aliphatic carbocycles. The predicted octanol–water partition coefficient (Wildman–Crippen LogP) is 3.76. The van der Waals surface area contributed by atoms with Gasteiger partial charge in [0, 0.05) is 23.5 Å². The van der Waals surface area contributed by atoms with Crippen molar-refractivity contribution in [3.05, 3.63) is 59.2 Å². The zero-order valence-electron chi connectivity index (χ0n) is 20.8. The summed E-state index contributed by atoms with van der Waals surface area (Å²) in [5, 5.41) is 1.14. The number of aromatic nitrogens is 1. The van der Waals surface area contributed by atoms with E-state index in [1.165, 1.54) is 31.5 Å². The van der Waals surface area contributed by atoms with Crippen LogP contribution in [0.3, 0.4) is 0 Å². The summed E-state index contributed by atoms with van der Waals surface area (Å²) in [5.74, 6) is -0.205. The van der Waals surface area contributed by atoms with Gasteiger partial charge in [0.2, 0.25) is 10.0 Å². The molecule has 2 aromatic carbocycles. The van der Waals surface area contributed by atoms with E-state index in [9.17, 15) is 13.2 Å². The first-order valence-electron chi connectivity index (χ1n) is 10.8. The van der Waals surface area contributed by atoms with Crippen molar-refractivity contribution in [3.8, 4) is 5.75 Å². The number of aliphatic imine (C=N–C) groups is 1. The average molecular weight is 570 g/mol. The molecule has 0 atom stereocenters. The van der Waals surface area contributed by atoms with E-state index in [0.717, 1.165) is 4.31 Å². The van der Waals surface area contributed by atoms with E-state index in [4.69, 9.17) is 32.5 Å². The molecular weight excluding hydrogens is 541 g/mol. The molecule has 0 amide bonds. The lowest BCUT2D eigenvalue weighted by atomic mass is 10.1. The number of benzene rings is 2. The highest BCUT2D eigenvalue weighted by Crippen LogP contribution is 2.32. The van der Waals surface area contributed by atoms with Crippen molar-refractivity contribution in [1.29, 1.82) is 0 Å². The van der Waals surface area contributed by atoms with E-state index in [-0.39, 0.29) is 35.6 Å². The van der Waals surface area contributed by atoms with Gasteiger partial charge in [0.1, 0.15) is 17.9 Å². The van der Waals surface area contributed by atoms with Crippen LogP contribution in [0.2, 0.25) is 5.02 Å². The normalized spacial score (nSPS) is 11.6. The summed E-state index contributed by atoms with van der Waals surface area (Å²) in [7, 11) is -2.66. The summed E-state index contributed by atoms with van der Waals surface area (Å²) in [6.07, 6.45) is 1.37. The van der Waals surface area contributed by atoms with Crippen molar-refractivity contribution < 1.29 is 22.7 Å². The Kier molecular flexibility index (Phi) is 9.72. The van der Waals surface area contributed by atoms with Gasteiger partial charge < -0.3 is 20.9 Å². The molecule has 3 aromatic rings. The maximum absolute atomic E-state index is 13.8. The number of ether oxygens (including phenoxy) is 2. The lowest BCUT2D eigenvalue weighted by molar-refractivity contribution is -0.155. The maximum atomic E-state index is 13.8. The number of carbonyl (C=O) groups excluding carboxylic acids is 1. The zero-order valence-corrected chi connectivity index (χ0v) is 23.2. The van der Waals surface area contributed by atoms with Crippen LogP contribution in [0.1, 0.15) is 26.3 Å². The molecule has 0 unspecified atom stereocenters. The summed E-state index contributed by atoms with van der Waals surface area (Å²) >= 11 is 6.25. The number of pyridine rings is 1. The third-order valence-electron chi connectivity index (χ3n) is 4.91. The molecule has 0 aliphatic rings. The van der Waals surface area contributed by atoms with Gasteiger partial charge in [0.25, 0.3) is 0 Å². The Morgan fingerprint density at radius 2 is 1.76 bits per heavy atom. The molecular formula is C24H29Cl2N5O5S. The monoisotopic (exact) mass is 569 g/mol. The Morgan fingerprint density at radius 1 is 1.11 bits per heavy atom. The minimum absolute atomic E-state index is 0. The molecule has 0 bridgehead atoms. The number of hydrogen-bond donors (Lipinski definition) is 2. The van der Waals surface area contributed by atoms with Crippen molar-refractivity contribution in [2.24, 2.45) is 16.5 Å². The predicted molar refractivity (Wildman–Crippen MR) is 146 cm³/mol. The minimum atomic E-state index is -4.20. The van der Waals surface area contributed by atoms with Crippen LogP contribution < -0.4 is 16.2 Å². The first-order chi connectivity index (χ1) is 16.8. The lowest BCUT2D eigenvalue weighted by Gasteiger charge is -2.25. The highest BCUT2D eigenvalue weighted by molar-refractivity contribution is 7.89. The van der Waals surface area contributed by atoms with Crippen molar-refractivity contribution in [1.82, 2.24) is 9.29 Å². The third-order valence-corrected chi connectivity index (χ3v) is 6.99. The van der Waals surface area contributed by atoms with Gasteiger partial charge in [-0.05, 0) is 50.6 Å². The Labute approximate surface area is 227 Å². The molecule has 0 radical (unpaired) electrons. The molecule has 200 valence electrons. The summed E-state index contributed by atoms with van der Waals surface area (Å²) in [4.78, 5) is 20.6. The Bertz CT molecular complexity index is 1400. The van der Waals surface area contributed by atoms with Gasteiger partial charge in [-0.15, -0.1) is 12.4 Å². The van der Waals surface area contributed by atoms with E-state index in [1.54, 1.807) is 45.0 Å². The number of hydrogen-bond acceptors (Lipinski definition) is 7.